The number of nitrogens with one attached hydrogen (secondary N) is 1. The molecule has 0 unspecified atom stereocenters. The molecule has 3 N–H and O–H groups in total. The molecule has 2 atom stereocenters. The van der Waals surface area contributed by atoms with Gasteiger partial charge < -0.3 is 11.1 Å². The summed E-state index contributed by atoms with van der Waals surface area (Å²) in [5.41, 5.74) is 9.91. The lowest BCUT2D eigenvalue weighted by Gasteiger charge is -2.20. The largest absolute Gasteiger partial charge is 0.379 e. The summed E-state index contributed by atoms with van der Waals surface area (Å²) in [6.07, 6.45) is 6.12. The molecule has 0 aromatic carbocycles. The average molecular weight is 406 g/mol. The van der Waals surface area contributed by atoms with Gasteiger partial charge in [-0.2, -0.15) is 0 Å². The zero-order valence-corrected chi connectivity index (χ0v) is 17.3. The van der Waals surface area contributed by atoms with Crippen molar-refractivity contribution in [2.45, 2.75) is 57.5 Å². The van der Waals surface area contributed by atoms with E-state index >= 15 is 0 Å². The van der Waals surface area contributed by atoms with Crippen molar-refractivity contribution >= 4 is 50.2 Å². The highest BCUT2D eigenvalue weighted by Gasteiger charge is 2.27. The molecule has 26 heavy (non-hydrogen) atoms. The quantitative estimate of drug-likeness (QED) is 0.395. The number of aryl methyl sites for hydroxylation is 1. The maximum absolute atomic E-state index is 6.54. The van der Waals surface area contributed by atoms with Crippen LogP contribution in [0.1, 0.15) is 53.3 Å². The summed E-state index contributed by atoms with van der Waals surface area (Å²) in [5, 5.41) is 6.21. The molecule has 1 aliphatic rings. The maximum atomic E-state index is 6.54. The molecular weight excluding hydrogens is 382 g/mol. The van der Waals surface area contributed by atoms with Gasteiger partial charge in [0.2, 0.25) is 0 Å². The highest BCUT2D eigenvalue weighted by Crippen LogP contribution is 2.43. The van der Waals surface area contributed by atoms with E-state index in [2.05, 4.69) is 34.7 Å². The molecule has 0 spiro atoms. The Morgan fingerprint density at radius 2 is 2.15 bits per heavy atom. The Labute approximate surface area is 167 Å². The van der Waals surface area contributed by atoms with E-state index in [0.717, 1.165) is 24.2 Å². The van der Waals surface area contributed by atoms with Gasteiger partial charge in [-0.1, -0.05) is 36.9 Å². The first-order valence-electron chi connectivity index (χ1n) is 9.25. The van der Waals surface area contributed by atoms with Crippen LogP contribution in [0.25, 0.3) is 10.2 Å². The van der Waals surface area contributed by atoms with Crippen molar-refractivity contribution in [1.82, 2.24) is 4.98 Å². The number of hydrogen-bond acceptors (Lipinski definition) is 5. The van der Waals surface area contributed by atoms with E-state index in [1.165, 1.54) is 45.7 Å². The fourth-order valence-electron chi connectivity index (χ4n) is 3.91. The summed E-state index contributed by atoms with van der Waals surface area (Å²) in [7, 11) is 0. The molecule has 0 radical (unpaired) electrons. The first kappa shape index (κ1) is 18.2. The second-order valence-corrected chi connectivity index (χ2v) is 9.57. The van der Waals surface area contributed by atoms with Gasteiger partial charge in [-0.05, 0) is 36.8 Å². The SMILES string of the molecule is Cc1c([C@H]2CCCCC[C@@H]2N)sc2c(NCc3cccs3)cc(Cl)nc12. The number of anilines is 1. The van der Waals surface area contributed by atoms with Crippen LogP contribution in [0.2, 0.25) is 5.15 Å². The van der Waals surface area contributed by atoms with Crippen LogP contribution < -0.4 is 11.1 Å². The van der Waals surface area contributed by atoms with E-state index in [-0.39, 0.29) is 6.04 Å². The molecule has 1 saturated carbocycles. The Morgan fingerprint density at radius 3 is 2.96 bits per heavy atom. The molecule has 3 aromatic rings. The lowest BCUT2D eigenvalue weighted by atomic mass is 9.92. The summed E-state index contributed by atoms with van der Waals surface area (Å²) in [5.74, 6) is 0.445. The Morgan fingerprint density at radius 1 is 1.31 bits per heavy atom. The molecule has 0 aliphatic heterocycles. The molecule has 3 heterocycles. The van der Waals surface area contributed by atoms with Gasteiger partial charge in [-0.25, -0.2) is 4.98 Å². The fraction of sp³-hybridized carbons (Fsp3) is 0.450. The van der Waals surface area contributed by atoms with Crippen molar-refractivity contribution in [2.75, 3.05) is 5.32 Å². The lowest BCUT2D eigenvalue weighted by molar-refractivity contribution is 0.510. The Balaban J connectivity index is 1.72. The predicted molar refractivity (Wildman–Crippen MR) is 115 cm³/mol. The molecular formula is C20H24ClN3S2. The molecule has 0 amide bonds. The highest BCUT2D eigenvalue weighted by atomic mass is 35.5. The molecule has 6 heteroatoms. The lowest BCUT2D eigenvalue weighted by Crippen LogP contribution is -2.27. The number of rotatable bonds is 4. The van der Waals surface area contributed by atoms with Crippen molar-refractivity contribution in [3.8, 4) is 0 Å². The maximum Gasteiger partial charge on any atom is 0.131 e. The second-order valence-electron chi connectivity index (χ2n) is 7.10. The molecule has 1 fully saturated rings. The molecule has 4 rings (SSSR count). The number of thiophene rings is 2. The van der Waals surface area contributed by atoms with Crippen LogP contribution in [0.3, 0.4) is 0 Å². The molecule has 3 aromatic heterocycles. The standard InChI is InChI=1S/C20H24ClN3S2/c1-12-18-20(26-19(12)14-7-3-2-4-8-15(14)22)16(10-17(21)24-18)23-11-13-6-5-9-25-13/h5-6,9-10,14-15H,2-4,7-8,11,22H2,1H3,(H,23,24)/t14-,15-/m0/s1. The predicted octanol–water partition coefficient (Wildman–Crippen LogP) is 6.31. The van der Waals surface area contributed by atoms with Gasteiger partial charge in [0.05, 0.1) is 15.9 Å². The van der Waals surface area contributed by atoms with Crippen molar-refractivity contribution in [3.63, 3.8) is 0 Å². The van der Waals surface area contributed by atoms with Crippen LogP contribution in [-0.4, -0.2) is 11.0 Å². The monoisotopic (exact) mass is 405 g/mol. The zero-order valence-electron chi connectivity index (χ0n) is 14.9. The van der Waals surface area contributed by atoms with Gasteiger partial charge in [-0.15, -0.1) is 22.7 Å². The summed E-state index contributed by atoms with van der Waals surface area (Å²) in [6.45, 7) is 2.99. The number of fused-ring (bicyclic) bond motifs is 1. The van der Waals surface area contributed by atoms with Crippen LogP contribution in [0.4, 0.5) is 5.69 Å². The molecule has 1 aliphatic carbocycles. The second kappa shape index (κ2) is 7.85. The van der Waals surface area contributed by atoms with Gasteiger partial charge in [0.25, 0.3) is 0 Å². The first-order valence-corrected chi connectivity index (χ1v) is 11.3. The average Bonchev–Trinajstić information content (AvgIpc) is 3.19. The van der Waals surface area contributed by atoms with Crippen molar-refractivity contribution in [2.24, 2.45) is 5.73 Å². The van der Waals surface area contributed by atoms with Crippen LogP contribution in [-0.2, 0) is 6.54 Å². The van der Waals surface area contributed by atoms with Crippen LogP contribution in [0.5, 0.6) is 0 Å². The van der Waals surface area contributed by atoms with Crippen LogP contribution in [0.15, 0.2) is 23.6 Å². The van der Waals surface area contributed by atoms with Gasteiger partial charge >= 0.3 is 0 Å². The van der Waals surface area contributed by atoms with E-state index in [4.69, 9.17) is 17.3 Å². The van der Waals surface area contributed by atoms with Gasteiger partial charge in [-0.3, -0.25) is 0 Å². The summed E-state index contributed by atoms with van der Waals surface area (Å²) >= 11 is 9.95. The van der Waals surface area contributed by atoms with Gasteiger partial charge in [0, 0.05) is 34.3 Å². The Bertz CT molecular complexity index is 888. The van der Waals surface area contributed by atoms with Gasteiger partial charge in [0.1, 0.15) is 5.15 Å². The third-order valence-corrected chi connectivity index (χ3v) is 7.83. The summed E-state index contributed by atoms with van der Waals surface area (Å²) < 4.78 is 1.20. The minimum atomic E-state index is 0.252. The Hall–Kier alpha value is -1.14. The van der Waals surface area contributed by atoms with Crippen molar-refractivity contribution in [1.29, 1.82) is 0 Å². The number of pyridine rings is 1. The molecule has 138 valence electrons. The van der Waals surface area contributed by atoms with E-state index in [9.17, 15) is 0 Å². The number of hydrogen-bond donors (Lipinski definition) is 2. The third-order valence-electron chi connectivity index (χ3n) is 5.32. The van der Waals surface area contributed by atoms with E-state index < -0.39 is 0 Å². The number of aromatic nitrogens is 1. The molecule has 0 saturated heterocycles. The van der Waals surface area contributed by atoms with Gasteiger partial charge in [0.15, 0.2) is 0 Å². The number of halogens is 1. The molecule has 3 nitrogen and oxygen atoms in total. The van der Waals surface area contributed by atoms with E-state index in [1.54, 1.807) is 11.3 Å². The van der Waals surface area contributed by atoms with E-state index in [0.29, 0.717) is 11.1 Å². The minimum absolute atomic E-state index is 0.252. The number of nitrogens with two attached hydrogens (primary N) is 1. The normalized spacial score (nSPS) is 21.0. The van der Waals surface area contributed by atoms with Crippen molar-refractivity contribution < 1.29 is 0 Å². The van der Waals surface area contributed by atoms with Crippen LogP contribution in [0, 0.1) is 6.92 Å². The van der Waals surface area contributed by atoms with Crippen LogP contribution >= 0.6 is 34.3 Å². The third kappa shape index (κ3) is 3.63. The topological polar surface area (TPSA) is 50.9 Å². The first-order chi connectivity index (χ1) is 12.6. The smallest absolute Gasteiger partial charge is 0.131 e. The Kier molecular flexibility index (Phi) is 5.50. The minimum Gasteiger partial charge on any atom is -0.379 e. The fourth-order valence-corrected chi connectivity index (χ4v) is 6.19. The number of nitrogens with zero attached hydrogens (tertiary/aromatic N) is 1. The zero-order chi connectivity index (χ0) is 18.1. The summed E-state index contributed by atoms with van der Waals surface area (Å²) in [6, 6.07) is 6.43. The van der Waals surface area contributed by atoms with E-state index in [1.807, 2.05) is 17.4 Å². The highest BCUT2D eigenvalue weighted by molar-refractivity contribution is 7.20. The summed E-state index contributed by atoms with van der Waals surface area (Å²) in [4.78, 5) is 7.36. The van der Waals surface area contributed by atoms with Crippen molar-refractivity contribution in [3.05, 3.63) is 44.1 Å². The molecule has 0 bridgehead atoms.